The van der Waals surface area contributed by atoms with Crippen LogP contribution < -0.4 is 9.62 Å². The summed E-state index contributed by atoms with van der Waals surface area (Å²) in [5.41, 5.74) is 3.77. The van der Waals surface area contributed by atoms with Crippen molar-refractivity contribution in [3.8, 4) is 0 Å². The molecular weight excluding hydrogens is 534 g/mol. The van der Waals surface area contributed by atoms with Gasteiger partial charge in [0.25, 0.3) is 0 Å². The third-order valence-corrected chi connectivity index (χ3v) is 7.77. The molecule has 0 aromatic heterocycles. The van der Waals surface area contributed by atoms with Crippen LogP contribution in [0.5, 0.6) is 0 Å². The molecule has 3 aromatic rings. The highest BCUT2D eigenvalue weighted by molar-refractivity contribution is 7.92. The topological polar surface area (TPSA) is 86.8 Å². The summed E-state index contributed by atoms with van der Waals surface area (Å²) >= 11 is 6.19. The number of hydrogen-bond acceptors (Lipinski definition) is 4. The monoisotopic (exact) mass is 569 g/mol. The van der Waals surface area contributed by atoms with Gasteiger partial charge in [-0.15, -0.1) is 0 Å². The lowest BCUT2D eigenvalue weighted by molar-refractivity contribution is -0.140. The van der Waals surface area contributed by atoms with Crippen LogP contribution in [0.4, 0.5) is 5.69 Å². The van der Waals surface area contributed by atoms with Crippen molar-refractivity contribution in [2.45, 2.75) is 46.2 Å². The smallest absolute Gasteiger partial charge is 0.244 e. The van der Waals surface area contributed by atoms with E-state index in [1.165, 1.54) is 11.0 Å². The Hall–Kier alpha value is -3.36. The van der Waals surface area contributed by atoms with Gasteiger partial charge in [0, 0.05) is 24.5 Å². The van der Waals surface area contributed by atoms with E-state index in [2.05, 4.69) is 5.32 Å². The van der Waals surface area contributed by atoms with Crippen LogP contribution in [0.25, 0.3) is 0 Å². The second kappa shape index (κ2) is 13.6. The molecule has 0 heterocycles. The molecule has 0 fully saturated rings. The first-order valence-electron chi connectivity index (χ1n) is 12.9. The lowest BCUT2D eigenvalue weighted by Gasteiger charge is -2.34. The molecule has 0 aliphatic heterocycles. The molecule has 0 unspecified atom stereocenters. The Labute approximate surface area is 236 Å². The molecule has 2 amide bonds. The average Bonchev–Trinajstić information content (AvgIpc) is 2.90. The lowest BCUT2D eigenvalue weighted by atomic mass is 10.0. The van der Waals surface area contributed by atoms with Gasteiger partial charge in [0.05, 0.1) is 11.9 Å². The number of sulfonamides is 1. The van der Waals surface area contributed by atoms with Crippen molar-refractivity contribution in [3.63, 3.8) is 0 Å². The minimum atomic E-state index is -3.86. The minimum absolute atomic E-state index is 0.141. The summed E-state index contributed by atoms with van der Waals surface area (Å²) in [4.78, 5) is 29.0. The zero-order valence-corrected chi connectivity index (χ0v) is 24.4. The molecular formula is C30H36ClN3O4S. The highest BCUT2D eigenvalue weighted by Crippen LogP contribution is 2.27. The van der Waals surface area contributed by atoms with E-state index in [0.29, 0.717) is 22.8 Å². The Morgan fingerprint density at radius 1 is 0.949 bits per heavy atom. The molecule has 1 atom stereocenters. The van der Waals surface area contributed by atoms with Crippen LogP contribution in [0, 0.1) is 13.8 Å². The SMILES string of the molecule is CCCNC(=O)[C@H](Cc1ccccc1)N(Cc1ccc(C)cc1)C(=O)CN(c1cc(Cl)ccc1C)S(C)(=O)=O. The summed E-state index contributed by atoms with van der Waals surface area (Å²) in [7, 11) is -3.86. The summed E-state index contributed by atoms with van der Waals surface area (Å²) in [5.74, 6) is -0.779. The molecule has 0 aliphatic carbocycles. The van der Waals surface area contributed by atoms with E-state index in [0.717, 1.165) is 33.7 Å². The van der Waals surface area contributed by atoms with Crippen LogP contribution in [0.1, 0.15) is 35.6 Å². The number of halogens is 1. The Morgan fingerprint density at radius 3 is 2.23 bits per heavy atom. The first kappa shape index (κ1) is 30.2. The molecule has 9 heteroatoms. The van der Waals surface area contributed by atoms with Crippen LogP contribution >= 0.6 is 11.6 Å². The molecule has 3 rings (SSSR count). The van der Waals surface area contributed by atoms with Gasteiger partial charge < -0.3 is 10.2 Å². The summed E-state index contributed by atoms with van der Waals surface area (Å²) in [6, 6.07) is 21.2. The van der Waals surface area contributed by atoms with Gasteiger partial charge in [0.2, 0.25) is 21.8 Å². The van der Waals surface area contributed by atoms with Gasteiger partial charge in [-0.1, -0.05) is 84.8 Å². The second-order valence-corrected chi connectivity index (χ2v) is 12.0. The number of carbonyl (C=O) groups is 2. The van der Waals surface area contributed by atoms with Gasteiger partial charge in [0.15, 0.2) is 0 Å². The Balaban J connectivity index is 2.06. The lowest BCUT2D eigenvalue weighted by Crippen LogP contribution is -2.53. The van der Waals surface area contributed by atoms with Gasteiger partial charge in [-0.25, -0.2) is 8.42 Å². The fourth-order valence-electron chi connectivity index (χ4n) is 4.26. The van der Waals surface area contributed by atoms with Gasteiger partial charge in [-0.2, -0.15) is 0 Å². The van der Waals surface area contributed by atoms with Crippen LogP contribution in [0.2, 0.25) is 5.02 Å². The Kier molecular flexibility index (Phi) is 10.5. The number of amides is 2. The van der Waals surface area contributed by atoms with Gasteiger partial charge >= 0.3 is 0 Å². The van der Waals surface area contributed by atoms with E-state index in [4.69, 9.17) is 11.6 Å². The van der Waals surface area contributed by atoms with Gasteiger partial charge in [0.1, 0.15) is 12.6 Å². The van der Waals surface area contributed by atoms with E-state index >= 15 is 0 Å². The van der Waals surface area contributed by atoms with E-state index in [1.54, 1.807) is 19.1 Å². The van der Waals surface area contributed by atoms with Crippen LogP contribution in [0.3, 0.4) is 0 Å². The van der Waals surface area contributed by atoms with Crippen LogP contribution in [0.15, 0.2) is 72.8 Å². The number of carbonyl (C=O) groups excluding carboxylic acids is 2. The summed E-state index contributed by atoms with van der Waals surface area (Å²) in [6.07, 6.45) is 2.08. The number of nitrogens with one attached hydrogen (secondary N) is 1. The molecule has 0 radical (unpaired) electrons. The standard InChI is InChI=1S/C30H36ClN3O4S/c1-5-17-32-30(36)28(18-24-9-7-6-8-10-24)33(20-25-14-11-22(2)12-15-25)29(35)21-34(39(4,37)38)27-19-26(31)16-13-23(27)3/h6-16,19,28H,5,17-18,20-21H2,1-4H3,(H,32,36)/t28-/m0/s1. The van der Waals surface area contributed by atoms with Crippen LogP contribution in [-0.2, 0) is 32.6 Å². The van der Waals surface area contributed by atoms with Crippen molar-refractivity contribution in [3.05, 3.63) is 100 Å². The normalized spacial score (nSPS) is 12.0. The Morgan fingerprint density at radius 2 is 1.62 bits per heavy atom. The number of anilines is 1. The van der Waals surface area contributed by atoms with Crippen molar-refractivity contribution < 1.29 is 18.0 Å². The van der Waals surface area contributed by atoms with E-state index in [-0.39, 0.29) is 18.9 Å². The minimum Gasteiger partial charge on any atom is -0.354 e. The first-order chi connectivity index (χ1) is 18.5. The number of rotatable bonds is 12. The molecule has 0 bridgehead atoms. The molecule has 39 heavy (non-hydrogen) atoms. The maximum atomic E-state index is 14.1. The molecule has 3 aromatic carbocycles. The zero-order chi connectivity index (χ0) is 28.6. The third-order valence-electron chi connectivity index (χ3n) is 6.41. The van der Waals surface area contributed by atoms with Gasteiger partial charge in [-0.05, 0) is 49.1 Å². The fourth-order valence-corrected chi connectivity index (χ4v) is 5.32. The summed E-state index contributed by atoms with van der Waals surface area (Å²) in [6.45, 7) is 5.82. The average molecular weight is 570 g/mol. The fraction of sp³-hybridized carbons (Fsp3) is 0.333. The Bertz CT molecular complexity index is 1380. The third kappa shape index (κ3) is 8.57. The maximum Gasteiger partial charge on any atom is 0.244 e. The molecule has 7 nitrogen and oxygen atoms in total. The van der Waals surface area contributed by atoms with Crippen molar-refractivity contribution >= 4 is 39.1 Å². The zero-order valence-electron chi connectivity index (χ0n) is 22.9. The molecule has 0 spiro atoms. The van der Waals surface area contributed by atoms with Crippen LogP contribution in [-0.4, -0.2) is 50.5 Å². The van der Waals surface area contributed by atoms with Crippen molar-refractivity contribution in [2.24, 2.45) is 0 Å². The quantitative estimate of drug-likeness (QED) is 0.336. The molecule has 1 N–H and O–H groups in total. The largest absolute Gasteiger partial charge is 0.354 e. The predicted molar refractivity (Wildman–Crippen MR) is 157 cm³/mol. The van der Waals surface area contributed by atoms with Crippen molar-refractivity contribution in [1.82, 2.24) is 10.2 Å². The molecule has 0 aliphatic rings. The van der Waals surface area contributed by atoms with E-state index in [9.17, 15) is 18.0 Å². The maximum absolute atomic E-state index is 14.1. The highest BCUT2D eigenvalue weighted by Gasteiger charge is 2.33. The number of benzene rings is 3. The van der Waals surface area contributed by atoms with Crippen molar-refractivity contribution in [2.75, 3.05) is 23.7 Å². The second-order valence-electron chi connectivity index (χ2n) is 9.70. The molecule has 0 saturated heterocycles. The van der Waals surface area contributed by atoms with Crippen molar-refractivity contribution in [1.29, 1.82) is 0 Å². The number of nitrogens with zero attached hydrogens (tertiary/aromatic N) is 2. The highest BCUT2D eigenvalue weighted by atomic mass is 35.5. The number of aryl methyl sites for hydroxylation is 2. The molecule has 208 valence electrons. The van der Waals surface area contributed by atoms with E-state index in [1.807, 2.05) is 68.4 Å². The molecule has 0 saturated carbocycles. The van der Waals surface area contributed by atoms with Gasteiger partial charge in [-0.3, -0.25) is 13.9 Å². The number of hydrogen-bond donors (Lipinski definition) is 1. The summed E-state index contributed by atoms with van der Waals surface area (Å²) in [5, 5.41) is 3.29. The summed E-state index contributed by atoms with van der Waals surface area (Å²) < 4.78 is 26.9. The first-order valence-corrected chi connectivity index (χ1v) is 15.1. The van der Waals surface area contributed by atoms with E-state index < -0.39 is 28.5 Å². The predicted octanol–water partition coefficient (Wildman–Crippen LogP) is 4.89.